The Morgan fingerprint density at radius 2 is 1.96 bits per heavy atom. The van der Waals surface area contributed by atoms with Crippen molar-refractivity contribution in [3.05, 3.63) is 28.8 Å². The van der Waals surface area contributed by atoms with E-state index in [0.29, 0.717) is 6.54 Å². The minimum Gasteiger partial charge on any atom is -0.364 e. The smallest absolute Gasteiger partial charge is 0.364 e. The molecule has 0 aliphatic carbocycles. The SMILES string of the molecule is C[C@@H]1C[NH+](CCC(=O)Nc2ccc(Cl)c(C(F)(F)F)c2)C[C@H](C)O1. The number of morpholine rings is 1. The summed E-state index contributed by atoms with van der Waals surface area (Å²) in [6.45, 7) is 6.22. The first-order valence-corrected chi connectivity index (χ1v) is 8.18. The molecule has 1 fully saturated rings. The molecule has 8 heteroatoms. The molecule has 1 aromatic rings. The first-order valence-electron chi connectivity index (χ1n) is 7.80. The highest BCUT2D eigenvalue weighted by molar-refractivity contribution is 6.31. The number of hydrogen-bond donors (Lipinski definition) is 2. The molecular weight excluding hydrogens is 345 g/mol. The predicted octanol–water partition coefficient (Wildman–Crippen LogP) is 2.38. The number of anilines is 1. The van der Waals surface area contributed by atoms with E-state index >= 15 is 0 Å². The average Bonchev–Trinajstić information content (AvgIpc) is 2.45. The predicted molar refractivity (Wildman–Crippen MR) is 85.3 cm³/mol. The molecule has 0 saturated carbocycles. The Balaban J connectivity index is 1.91. The highest BCUT2D eigenvalue weighted by Gasteiger charge is 2.33. The lowest BCUT2D eigenvalue weighted by atomic mass is 10.2. The van der Waals surface area contributed by atoms with Crippen LogP contribution in [-0.2, 0) is 15.7 Å². The molecule has 0 radical (unpaired) electrons. The Hall–Kier alpha value is -1.31. The molecule has 0 aromatic heterocycles. The summed E-state index contributed by atoms with van der Waals surface area (Å²) >= 11 is 5.56. The van der Waals surface area contributed by atoms with Crippen LogP contribution < -0.4 is 10.2 Å². The molecule has 0 spiro atoms. The van der Waals surface area contributed by atoms with Crippen LogP contribution >= 0.6 is 11.6 Å². The molecule has 24 heavy (non-hydrogen) atoms. The Kier molecular flexibility index (Phi) is 6.11. The van der Waals surface area contributed by atoms with Gasteiger partial charge in [-0.1, -0.05) is 11.6 Å². The van der Waals surface area contributed by atoms with Gasteiger partial charge in [0.05, 0.1) is 23.6 Å². The van der Waals surface area contributed by atoms with Gasteiger partial charge in [-0.2, -0.15) is 13.2 Å². The van der Waals surface area contributed by atoms with Crippen molar-refractivity contribution >= 4 is 23.2 Å². The van der Waals surface area contributed by atoms with Crippen molar-refractivity contribution in [1.29, 1.82) is 0 Å². The van der Waals surface area contributed by atoms with E-state index < -0.39 is 11.7 Å². The minimum absolute atomic E-state index is 0.0930. The van der Waals surface area contributed by atoms with Crippen LogP contribution in [0.3, 0.4) is 0 Å². The van der Waals surface area contributed by atoms with Gasteiger partial charge in [0, 0.05) is 5.69 Å². The molecule has 1 heterocycles. The Morgan fingerprint density at radius 1 is 1.33 bits per heavy atom. The number of benzene rings is 1. The average molecular weight is 366 g/mol. The van der Waals surface area contributed by atoms with Crippen molar-refractivity contribution < 1.29 is 27.6 Å². The summed E-state index contributed by atoms with van der Waals surface area (Å²) in [4.78, 5) is 13.2. The van der Waals surface area contributed by atoms with Gasteiger partial charge < -0.3 is 15.0 Å². The number of carbonyl (C=O) groups excluding carboxylic acids is 1. The van der Waals surface area contributed by atoms with E-state index in [2.05, 4.69) is 5.32 Å². The van der Waals surface area contributed by atoms with E-state index in [0.717, 1.165) is 25.2 Å². The maximum absolute atomic E-state index is 12.8. The molecular formula is C16H21ClF3N2O2+. The second-order valence-electron chi connectivity index (χ2n) is 6.16. The molecule has 2 rings (SSSR count). The Morgan fingerprint density at radius 3 is 2.54 bits per heavy atom. The number of nitrogens with one attached hydrogen (secondary N) is 2. The minimum atomic E-state index is -4.55. The van der Waals surface area contributed by atoms with E-state index in [4.69, 9.17) is 16.3 Å². The highest BCUT2D eigenvalue weighted by atomic mass is 35.5. The second-order valence-corrected chi connectivity index (χ2v) is 6.56. The van der Waals surface area contributed by atoms with E-state index in [1.54, 1.807) is 0 Å². The van der Waals surface area contributed by atoms with Gasteiger partial charge in [-0.15, -0.1) is 0 Å². The second kappa shape index (κ2) is 7.72. The van der Waals surface area contributed by atoms with Gasteiger partial charge in [0.15, 0.2) is 0 Å². The molecule has 4 nitrogen and oxygen atoms in total. The number of amides is 1. The largest absolute Gasteiger partial charge is 0.417 e. The van der Waals surface area contributed by atoms with Gasteiger partial charge >= 0.3 is 6.18 Å². The van der Waals surface area contributed by atoms with Crippen LogP contribution in [0, 0.1) is 0 Å². The summed E-state index contributed by atoms with van der Waals surface area (Å²) in [6, 6.07) is 3.35. The zero-order valence-corrected chi connectivity index (χ0v) is 14.3. The van der Waals surface area contributed by atoms with Gasteiger partial charge in [0.1, 0.15) is 25.3 Å². The van der Waals surface area contributed by atoms with Gasteiger partial charge in [0.25, 0.3) is 0 Å². The number of alkyl halides is 3. The number of hydrogen-bond acceptors (Lipinski definition) is 2. The van der Waals surface area contributed by atoms with Crippen molar-refractivity contribution in [2.45, 2.75) is 38.7 Å². The van der Waals surface area contributed by atoms with Crippen LogP contribution in [0.4, 0.5) is 18.9 Å². The maximum Gasteiger partial charge on any atom is 0.417 e. The summed E-state index contributed by atoms with van der Waals surface area (Å²) in [5.74, 6) is -0.315. The summed E-state index contributed by atoms with van der Waals surface area (Å²) in [7, 11) is 0. The summed E-state index contributed by atoms with van der Waals surface area (Å²) in [5.41, 5.74) is -0.862. The third-order valence-electron chi connectivity index (χ3n) is 3.88. The van der Waals surface area contributed by atoms with Gasteiger partial charge in [-0.05, 0) is 32.0 Å². The van der Waals surface area contributed by atoms with Crippen molar-refractivity contribution in [3.63, 3.8) is 0 Å². The highest BCUT2D eigenvalue weighted by Crippen LogP contribution is 2.36. The standard InChI is InChI=1S/C16H20ClF3N2O2/c1-10-8-22(9-11(2)24-10)6-5-15(23)21-12-3-4-14(17)13(7-12)16(18,19)20/h3-4,7,10-11H,5-6,8-9H2,1-2H3,(H,21,23)/p+1/t10-,11+. The lowest BCUT2D eigenvalue weighted by Gasteiger charge is -2.32. The first kappa shape index (κ1) is 19.0. The fourth-order valence-corrected chi connectivity index (χ4v) is 3.15. The molecule has 3 atom stereocenters. The van der Waals surface area contributed by atoms with Gasteiger partial charge in [-0.25, -0.2) is 0 Å². The molecule has 1 unspecified atom stereocenters. The van der Waals surface area contributed by atoms with E-state index in [-0.39, 0.29) is 35.2 Å². The van der Waals surface area contributed by atoms with Crippen molar-refractivity contribution in [3.8, 4) is 0 Å². The van der Waals surface area contributed by atoms with Crippen LogP contribution in [-0.4, -0.2) is 37.7 Å². The molecule has 1 aromatic carbocycles. The Labute approximate surface area is 143 Å². The van der Waals surface area contributed by atoms with Crippen molar-refractivity contribution in [1.82, 2.24) is 0 Å². The number of quaternary nitrogens is 1. The lowest BCUT2D eigenvalue weighted by molar-refractivity contribution is -0.914. The van der Waals surface area contributed by atoms with Crippen LogP contribution in [0.15, 0.2) is 18.2 Å². The number of carbonyl (C=O) groups is 1. The molecule has 1 saturated heterocycles. The molecule has 1 aliphatic rings. The quantitative estimate of drug-likeness (QED) is 0.860. The normalized spacial score (nSPS) is 24.7. The van der Waals surface area contributed by atoms with E-state index in [1.165, 1.54) is 11.0 Å². The third-order valence-corrected chi connectivity index (χ3v) is 4.21. The number of ether oxygens (including phenoxy) is 1. The zero-order chi connectivity index (χ0) is 17.9. The maximum atomic E-state index is 12.8. The van der Waals surface area contributed by atoms with Crippen LogP contribution in [0.2, 0.25) is 5.02 Å². The van der Waals surface area contributed by atoms with Crippen molar-refractivity contribution in [2.24, 2.45) is 0 Å². The topological polar surface area (TPSA) is 42.8 Å². The zero-order valence-electron chi connectivity index (χ0n) is 13.5. The van der Waals surface area contributed by atoms with Crippen molar-refractivity contribution in [2.75, 3.05) is 25.0 Å². The van der Waals surface area contributed by atoms with Crippen LogP contribution in [0.5, 0.6) is 0 Å². The molecule has 1 amide bonds. The molecule has 2 N–H and O–H groups in total. The number of halogens is 4. The van der Waals surface area contributed by atoms with Crippen LogP contribution in [0.1, 0.15) is 25.8 Å². The summed E-state index contributed by atoms with van der Waals surface area (Å²) < 4.78 is 44.1. The third kappa shape index (κ3) is 5.36. The molecule has 0 bridgehead atoms. The summed E-state index contributed by atoms with van der Waals surface area (Å²) in [6.07, 6.45) is -4.05. The summed E-state index contributed by atoms with van der Waals surface area (Å²) in [5, 5.41) is 2.11. The number of rotatable bonds is 4. The van der Waals surface area contributed by atoms with Crippen LogP contribution in [0.25, 0.3) is 0 Å². The van der Waals surface area contributed by atoms with E-state index in [1.807, 2.05) is 13.8 Å². The lowest BCUT2D eigenvalue weighted by Crippen LogP contribution is -3.15. The Bertz CT molecular complexity index is 585. The molecule has 134 valence electrons. The monoisotopic (exact) mass is 365 g/mol. The molecule has 1 aliphatic heterocycles. The fraction of sp³-hybridized carbons (Fsp3) is 0.562. The van der Waals surface area contributed by atoms with E-state index in [9.17, 15) is 18.0 Å². The van der Waals surface area contributed by atoms with Gasteiger partial charge in [0.2, 0.25) is 5.91 Å². The first-order chi connectivity index (χ1) is 11.1. The van der Waals surface area contributed by atoms with Gasteiger partial charge in [-0.3, -0.25) is 4.79 Å². The fourth-order valence-electron chi connectivity index (χ4n) is 2.93.